The topological polar surface area (TPSA) is 67.8 Å². The van der Waals surface area contributed by atoms with Gasteiger partial charge in [0.1, 0.15) is 11.6 Å². The Balaban J connectivity index is 2.36. The number of aromatic nitrogens is 3. The molecule has 1 N–H and O–H groups in total. The van der Waals surface area contributed by atoms with Gasteiger partial charge >= 0.3 is 0 Å². The fourth-order valence-corrected chi connectivity index (χ4v) is 1.36. The quantitative estimate of drug-likeness (QED) is 0.600. The molecule has 0 atom stereocenters. The maximum absolute atomic E-state index is 11.3. The summed E-state index contributed by atoms with van der Waals surface area (Å²) in [6.45, 7) is 9.66. The van der Waals surface area contributed by atoms with Gasteiger partial charge in [-0.05, 0) is 32.8 Å². The highest BCUT2D eigenvalue weighted by atomic mass is 16.1. The van der Waals surface area contributed by atoms with Crippen LogP contribution in [0.1, 0.15) is 31.4 Å². The fraction of sp³-hybridized carbons (Fsp3) is 0.500. The van der Waals surface area contributed by atoms with Crippen LogP contribution < -0.4 is 5.32 Å². The molecule has 0 saturated heterocycles. The minimum Gasteiger partial charge on any atom is -0.354 e. The second kappa shape index (κ2) is 6.08. The number of nitrogens with zero attached hydrogens (tertiary/aromatic N) is 3. The van der Waals surface area contributed by atoms with E-state index >= 15 is 0 Å². The molecule has 1 aromatic rings. The number of nitrogens with one attached hydrogen (secondary N) is 1. The Bertz CT molecular complexity index is 408. The third kappa shape index (κ3) is 4.72. The van der Waals surface area contributed by atoms with Crippen molar-refractivity contribution in [1.82, 2.24) is 15.0 Å². The largest absolute Gasteiger partial charge is 0.354 e. The predicted octanol–water partition coefficient (Wildman–Crippen LogP) is 1.83. The second-order valence-electron chi connectivity index (χ2n) is 3.99. The van der Waals surface area contributed by atoms with E-state index in [9.17, 15) is 4.79 Å². The van der Waals surface area contributed by atoms with E-state index in [4.69, 9.17) is 0 Å². The molecule has 1 aromatic heterocycles. The van der Waals surface area contributed by atoms with E-state index in [1.54, 1.807) is 6.92 Å². The van der Waals surface area contributed by atoms with Crippen molar-refractivity contribution in [2.45, 2.75) is 33.6 Å². The Morgan fingerprint density at radius 3 is 2.35 bits per heavy atom. The number of carbonyl (C=O) groups is 1. The number of allylic oxidation sites excluding steroid dienone is 1. The van der Waals surface area contributed by atoms with Gasteiger partial charge in [-0.1, -0.05) is 6.58 Å². The van der Waals surface area contributed by atoms with E-state index in [0.29, 0.717) is 36.1 Å². The van der Waals surface area contributed by atoms with E-state index in [1.807, 2.05) is 13.8 Å². The Labute approximate surface area is 101 Å². The highest BCUT2D eigenvalue weighted by molar-refractivity contribution is 5.94. The molecular formula is C12H18N4O. The fourth-order valence-electron chi connectivity index (χ4n) is 1.36. The number of hydrogen-bond donors (Lipinski definition) is 1. The van der Waals surface area contributed by atoms with E-state index in [-0.39, 0.29) is 5.78 Å². The van der Waals surface area contributed by atoms with Gasteiger partial charge in [0.25, 0.3) is 0 Å². The van der Waals surface area contributed by atoms with Gasteiger partial charge in [0, 0.05) is 13.0 Å². The van der Waals surface area contributed by atoms with Gasteiger partial charge in [0.2, 0.25) is 5.95 Å². The highest BCUT2D eigenvalue weighted by Gasteiger charge is 2.03. The number of ketones is 1. The third-order valence-corrected chi connectivity index (χ3v) is 2.20. The Hall–Kier alpha value is -1.78. The SMILES string of the molecule is C=C(C)C(=O)CCCNc1nc(C)nc(C)n1. The van der Waals surface area contributed by atoms with Crippen LogP contribution in [-0.2, 0) is 4.79 Å². The normalized spacial score (nSPS) is 10.1. The molecule has 0 bridgehead atoms. The van der Waals surface area contributed by atoms with Gasteiger partial charge < -0.3 is 5.32 Å². The van der Waals surface area contributed by atoms with Crippen molar-refractivity contribution in [3.05, 3.63) is 23.8 Å². The number of Topliss-reactive ketones (excluding diaryl/α,β-unsaturated/α-hetero) is 1. The molecule has 5 heteroatoms. The van der Waals surface area contributed by atoms with Crippen molar-refractivity contribution in [1.29, 1.82) is 0 Å². The first-order valence-corrected chi connectivity index (χ1v) is 5.61. The molecule has 0 radical (unpaired) electrons. The number of anilines is 1. The van der Waals surface area contributed by atoms with Gasteiger partial charge in [-0.25, -0.2) is 4.98 Å². The molecule has 1 heterocycles. The summed E-state index contributed by atoms with van der Waals surface area (Å²) in [5.74, 6) is 2.06. The van der Waals surface area contributed by atoms with Crippen molar-refractivity contribution in [3.63, 3.8) is 0 Å². The first-order chi connectivity index (χ1) is 7.99. The summed E-state index contributed by atoms with van der Waals surface area (Å²) in [5.41, 5.74) is 0.608. The van der Waals surface area contributed by atoms with E-state index in [0.717, 1.165) is 6.42 Å². The molecule has 1 rings (SSSR count). The van der Waals surface area contributed by atoms with E-state index in [2.05, 4.69) is 26.8 Å². The van der Waals surface area contributed by atoms with Crippen molar-refractivity contribution in [2.24, 2.45) is 0 Å². The monoisotopic (exact) mass is 234 g/mol. The third-order valence-electron chi connectivity index (χ3n) is 2.20. The Morgan fingerprint density at radius 1 is 1.24 bits per heavy atom. The molecule has 0 aliphatic heterocycles. The first kappa shape index (κ1) is 13.3. The van der Waals surface area contributed by atoms with Gasteiger partial charge in [0.05, 0.1) is 0 Å². The zero-order valence-corrected chi connectivity index (χ0v) is 10.6. The molecule has 0 aliphatic rings. The average molecular weight is 234 g/mol. The summed E-state index contributed by atoms with van der Waals surface area (Å²) in [6.07, 6.45) is 1.25. The maximum atomic E-state index is 11.3. The molecule has 17 heavy (non-hydrogen) atoms. The second-order valence-corrected chi connectivity index (χ2v) is 3.99. The molecule has 0 aromatic carbocycles. The van der Waals surface area contributed by atoms with Crippen LogP contribution in [0.3, 0.4) is 0 Å². The van der Waals surface area contributed by atoms with Gasteiger partial charge in [-0.3, -0.25) is 4.79 Å². The molecule has 0 fully saturated rings. The minimum atomic E-state index is 0.106. The lowest BCUT2D eigenvalue weighted by molar-refractivity contribution is -0.115. The summed E-state index contributed by atoms with van der Waals surface area (Å²) in [5, 5.41) is 3.08. The van der Waals surface area contributed by atoms with E-state index < -0.39 is 0 Å². The number of hydrogen-bond acceptors (Lipinski definition) is 5. The van der Waals surface area contributed by atoms with Crippen molar-refractivity contribution >= 4 is 11.7 Å². The zero-order valence-electron chi connectivity index (χ0n) is 10.6. The lowest BCUT2D eigenvalue weighted by Crippen LogP contribution is -2.10. The molecule has 92 valence electrons. The van der Waals surface area contributed by atoms with Crippen LogP contribution in [0.4, 0.5) is 5.95 Å². The maximum Gasteiger partial charge on any atom is 0.226 e. The molecule has 0 saturated carbocycles. The van der Waals surface area contributed by atoms with Gasteiger partial charge in [-0.2, -0.15) is 9.97 Å². The van der Waals surface area contributed by atoms with Crippen LogP contribution in [0.15, 0.2) is 12.2 Å². The molecular weight excluding hydrogens is 216 g/mol. The first-order valence-electron chi connectivity index (χ1n) is 5.61. The lowest BCUT2D eigenvalue weighted by Gasteiger charge is -2.05. The Kier molecular flexibility index (Phi) is 4.75. The average Bonchev–Trinajstić information content (AvgIpc) is 2.22. The van der Waals surface area contributed by atoms with Crippen LogP contribution >= 0.6 is 0 Å². The number of rotatable bonds is 6. The van der Waals surface area contributed by atoms with Crippen molar-refractivity contribution in [2.75, 3.05) is 11.9 Å². The van der Waals surface area contributed by atoms with Gasteiger partial charge in [-0.15, -0.1) is 0 Å². The molecule has 5 nitrogen and oxygen atoms in total. The van der Waals surface area contributed by atoms with Gasteiger partial charge in [0.15, 0.2) is 5.78 Å². The van der Waals surface area contributed by atoms with Crippen LogP contribution in [0.5, 0.6) is 0 Å². The standard InChI is InChI=1S/C12H18N4O/c1-8(2)11(17)6-5-7-13-12-15-9(3)14-10(4)16-12/h1,5-7H2,2-4H3,(H,13,14,15,16). The summed E-state index contributed by atoms with van der Waals surface area (Å²) in [7, 11) is 0. The molecule has 0 amide bonds. The summed E-state index contributed by atoms with van der Waals surface area (Å²) < 4.78 is 0. The summed E-state index contributed by atoms with van der Waals surface area (Å²) in [6, 6.07) is 0. The predicted molar refractivity (Wildman–Crippen MR) is 66.8 cm³/mol. The lowest BCUT2D eigenvalue weighted by atomic mass is 10.1. The zero-order chi connectivity index (χ0) is 12.8. The minimum absolute atomic E-state index is 0.106. The highest BCUT2D eigenvalue weighted by Crippen LogP contribution is 2.02. The molecule has 0 unspecified atom stereocenters. The van der Waals surface area contributed by atoms with Crippen LogP contribution in [0.25, 0.3) is 0 Å². The number of aryl methyl sites for hydroxylation is 2. The smallest absolute Gasteiger partial charge is 0.226 e. The summed E-state index contributed by atoms with van der Waals surface area (Å²) in [4.78, 5) is 23.7. The molecule has 0 aliphatic carbocycles. The van der Waals surface area contributed by atoms with Crippen LogP contribution in [-0.4, -0.2) is 27.3 Å². The van der Waals surface area contributed by atoms with Crippen LogP contribution in [0.2, 0.25) is 0 Å². The number of carbonyl (C=O) groups excluding carboxylic acids is 1. The van der Waals surface area contributed by atoms with E-state index in [1.165, 1.54) is 0 Å². The van der Waals surface area contributed by atoms with Crippen molar-refractivity contribution in [3.8, 4) is 0 Å². The summed E-state index contributed by atoms with van der Waals surface area (Å²) >= 11 is 0. The molecule has 0 spiro atoms. The van der Waals surface area contributed by atoms with Crippen molar-refractivity contribution < 1.29 is 4.79 Å². The Morgan fingerprint density at radius 2 is 1.82 bits per heavy atom. The van der Waals surface area contributed by atoms with Crippen LogP contribution in [0, 0.1) is 13.8 Å².